The number of phosphoric acid groups is 1. The van der Waals surface area contributed by atoms with Crippen LogP contribution in [0.3, 0.4) is 0 Å². The van der Waals surface area contributed by atoms with Crippen LogP contribution >= 0.6 is 7.82 Å². The number of phosphoric ester groups is 1. The van der Waals surface area contributed by atoms with E-state index in [1.165, 1.54) is 128 Å². The van der Waals surface area contributed by atoms with E-state index in [4.69, 9.17) is 19.1 Å². The first-order chi connectivity index (χ1) is 24.2. The second-order valence-electron chi connectivity index (χ2n) is 14.0. The van der Waals surface area contributed by atoms with Gasteiger partial charge in [-0.2, -0.15) is 0 Å². The number of carbonyl (C=O) groups is 2. The first-order valence-electron chi connectivity index (χ1n) is 20.5. The van der Waals surface area contributed by atoms with E-state index in [-0.39, 0.29) is 19.4 Å². The van der Waals surface area contributed by atoms with E-state index in [2.05, 4.69) is 18.4 Å². The summed E-state index contributed by atoms with van der Waals surface area (Å²) in [6.07, 6.45) is 30.7. The zero-order valence-electron chi connectivity index (χ0n) is 32.1. The number of hydrogen-bond donors (Lipinski definition) is 3. The molecule has 0 bridgehead atoms. The highest BCUT2D eigenvalue weighted by Gasteiger charge is 2.27. The van der Waals surface area contributed by atoms with Crippen LogP contribution in [0.1, 0.15) is 200 Å². The predicted molar refractivity (Wildman–Crippen MR) is 201 cm³/mol. The van der Waals surface area contributed by atoms with Crippen LogP contribution in [0.5, 0.6) is 0 Å². The maximum absolute atomic E-state index is 12.5. The molecule has 0 aliphatic carbocycles. The van der Waals surface area contributed by atoms with Gasteiger partial charge in [-0.3, -0.25) is 18.6 Å². The standard InChI is InChI=1S/C39H77O10P/c1-3-5-7-9-11-13-15-17-18-19-21-22-24-26-28-30-38(42)46-34-37(35-48-50(44,45)47-33-36(41)32-40)49-39(43)31-29-27-25-23-20-16-14-12-10-8-6-4-2/h36-37,40-41H,3-35H2,1-2H3,(H,44,45)/t36-,37+/m0/s1. The van der Waals surface area contributed by atoms with Crippen molar-refractivity contribution in [2.24, 2.45) is 0 Å². The van der Waals surface area contributed by atoms with Gasteiger partial charge in [-0.15, -0.1) is 0 Å². The number of aliphatic hydroxyl groups is 2. The fraction of sp³-hybridized carbons (Fsp3) is 0.949. The average Bonchev–Trinajstić information content (AvgIpc) is 3.10. The number of esters is 2. The van der Waals surface area contributed by atoms with Crippen molar-refractivity contribution in [2.75, 3.05) is 26.4 Å². The summed E-state index contributed by atoms with van der Waals surface area (Å²) in [4.78, 5) is 34.9. The molecule has 298 valence electrons. The minimum Gasteiger partial charge on any atom is -0.462 e. The molecule has 0 saturated carbocycles. The van der Waals surface area contributed by atoms with Crippen molar-refractivity contribution < 1.29 is 47.8 Å². The topological polar surface area (TPSA) is 149 Å². The molecule has 3 atom stereocenters. The van der Waals surface area contributed by atoms with Gasteiger partial charge in [0.05, 0.1) is 19.8 Å². The molecule has 3 N–H and O–H groups in total. The quantitative estimate of drug-likeness (QED) is 0.0316. The molecule has 1 unspecified atom stereocenters. The summed E-state index contributed by atoms with van der Waals surface area (Å²) < 4.78 is 32.6. The fourth-order valence-corrected chi connectivity index (χ4v) is 6.61. The molecule has 0 aliphatic heterocycles. The van der Waals surface area contributed by atoms with E-state index in [1.807, 2.05) is 0 Å². The Balaban J connectivity index is 4.28. The van der Waals surface area contributed by atoms with Crippen LogP contribution in [0, 0.1) is 0 Å². The van der Waals surface area contributed by atoms with Crippen molar-refractivity contribution in [1.82, 2.24) is 0 Å². The normalized spacial score (nSPS) is 13.9. The van der Waals surface area contributed by atoms with Gasteiger partial charge in [0.2, 0.25) is 0 Å². The Hall–Kier alpha value is -1.03. The first-order valence-corrected chi connectivity index (χ1v) is 22.0. The molecule has 10 nitrogen and oxygen atoms in total. The Morgan fingerprint density at radius 2 is 0.860 bits per heavy atom. The van der Waals surface area contributed by atoms with Crippen molar-refractivity contribution in [1.29, 1.82) is 0 Å². The number of rotatable bonds is 39. The largest absolute Gasteiger partial charge is 0.472 e. The van der Waals surface area contributed by atoms with Crippen molar-refractivity contribution in [3.8, 4) is 0 Å². The van der Waals surface area contributed by atoms with Crippen LogP contribution in [0.25, 0.3) is 0 Å². The summed E-state index contributed by atoms with van der Waals surface area (Å²) in [6, 6.07) is 0. The van der Waals surface area contributed by atoms with Crippen LogP contribution < -0.4 is 0 Å². The molecule has 0 aromatic heterocycles. The Bertz CT molecular complexity index is 812. The maximum Gasteiger partial charge on any atom is 0.472 e. The molecule has 11 heteroatoms. The molecule has 0 saturated heterocycles. The van der Waals surface area contributed by atoms with E-state index in [0.717, 1.165) is 32.1 Å². The van der Waals surface area contributed by atoms with Crippen LogP contribution in [-0.2, 0) is 32.7 Å². The van der Waals surface area contributed by atoms with E-state index in [0.29, 0.717) is 12.8 Å². The molecule has 0 amide bonds. The number of unbranched alkanes of at least 4 members (excludes halogenated alkanes) is 25. The summed E-state index contributed by atoms with van der Waals surface area (Å²) in [5, 5.41) is 18.3. The molecule has 50 heavy (non-hydrogen) atoms. The number of carbonyl (C=O) groups excluding carboxylic acids is 2. The van der Waals surface area contributed by atoms with Crippen molar-refractivity contribution in [3.05, 3.63) is 0 Å². The zero-order chi connectivity index (χ0) is 37.0. The fourth-order valence-electron chi connectivity index (χ4n) is 5.82. The van der Waals surface area contributed by atoms with E-state index < -0.39 is 51.8 Å². The van der Waals surface area contributed by atoms with Crippen LogP contribution in [0.15, 0.2) is 0 Å². The monoisotopic (exact) mass is 737 g/mol. The van der Waals surface area contributed by atoms with Gasteiger partial charge in [-0.05, 0) is 12.8 Å². The van der Waals surface area contributed by atoms with Crippen LogP contribution in [0.4, 0.5) is 0 Å². The van der Waals surface area contributed by atoms with Gasteiger partial charge in [0.15, 0.2) is 6.10 Å². The number of aliphatic hydroxyl groups excluding tert-OH is 2. The second-order valence-corrected chi connectivity index (χ2v) is 15.5. The van der Waals surface area contributed by atoms with Gasteiger partial charge < -0.3 is 24.6 Å². The Morgan fingerprint density at radius 1 is 0.520 bits per heavy atom. The third-order valence-corrected chi connectivity index (χ3v) is 9.96. The average molecular weight is 737 g/mol. The molecule has 0 aliphatic rings. The Labute approximate surface area is 305 Å². The predicted octanol–water partition coefficient (Wildman–Crippen LogP) is 10.3. The summed E-state index contributed by atoms with van der Waals surface area (Å²) in [6.45, 7) is 2.40. The molecule has 0 spiro atoms. The SMILES string of the molecule is CCCCCCCCCCCCCCCCCC(=O)OC[C@H](COP(=O)(O)OC[C@@H](O)CO)OC(=O)CCCCCCCCCCCCCC. The van der Waals surface area contributed by atoms with Gasteiger partial charge in [-0.25, -0.2) is 4.57 Å². The van der Waals surface area contributed by atoms with Crippen molar-refractivity contribution in [2.45, 2.75) is 212 Å². The smallest absolute Gasteiger partial charge is 0.462 e. The summed E-state index contributed by atoms with van der Waals surface area (Å²) in [7, 11) is -4.60. The minimum atomic E-state index is -4.60. The highest BCUT2D eigenvalue weighted by molar-refractivity contribution is 7.47. The van der Waals surface area contributed by atoms with Gasteiger partial charge >= 0.3 is 19.8 Å². The van der Waals surface area contributed by atoms with Gasteiger partial charge in [0, 0.05) is 12.8 Å². The number of ether oxygens (including phenoxy) is 2. The molecule has 0 rings (SSSR count). The molecule has 0 aromatic rings. The minimum absolute atomic E-state index is 0.191. The van der Waals surface area contributed by atoms with E-state index in [9.17, 15) is 24.2 Å². The molecular formula is C39H77O10P. The van der Waals surface area contributed by atoms with E-state index >= 15 is 0 Å². The van der Waals surface area contributed by atoms with Crippen molar-refractivity contribution >= 4 is 19.8 Å². The van der Waals surface area contributed by atoms with Gasteiger partial charge in [0.1, 0.15) is 12.7 Å². The third kappa shape index (κ3) is 35.4. The first kappa shape index (κ1) is 49.0. The maximum atomic E-state index is 12.5. The summed E-state index contributed by atoms with van der Waals surface area (Å²) in [5.74, 6) is -0.912. The molecular weight excluding hydrogens is 659 g/mol. The van der Waals surface area contributed by atoms with Gasteiger partial charge in [0.25, 0.3) is 0 Å². The summed E-state index contributed by atoms with van der Waals surface area (Å²) in [5.41, 5.74) is 0. The van der Waals surface area contributed by atoms with Crippen molar-refractivity contribution in [3.63, 3.8) is 0 Å². The lowest BCUT2D eigenvalue weighted by Crippen LogP contribution is -2.29. The van der Waals surface area contributed by atoms with Crippen LogP contribution in [0.2, 0.25) is 0 Å². The zero-order valence-corrected chi connectivity index (χ0v) is 33.0. The molecule has 0 heterocycles. The van der Waals surface area contributed by atoms with Crippen LogP contribution in [-0.4, -0.2) is 65.7 Å². The lowest BCUT2D eigenvalue weighted by atomic mass is 10.0. The third-order valence-electron chi connectivity index (χ3n) is 9.01. The molecule has 0 fully saturated rings. The highest BCUT2D eigenvalue weighted by atomic mass is 31.2. The molecule has 0 radical (unpaired) electrons. The second kappa shape index (κ2) is 36.3. The molecule has 0 aromatic carbocycles. The lowest BCUT2D eigenvalue weighted by molar-refractivity contribution is -0.161. The Kier molecular flexibility index (Phi) is 35.6. The number of hydrogen-bond acceptors (Lipinski definition) is 9. The Morgan fingerprint density at radius 3 is 1.24 bits per heavy atom. The van der Waals surface area contributed by atoms with Gasteiger partial charge in [-0.1, -0.05) is 174 Å². The summed E-state index contributed by atoms with van der Waals surface area (Å²) >= 11 is 0. The highest BCUT2D eigenvalue weighted by Crippen LogP contribution is 2.43. The lowest BCUT2D eigenvalue weighted by Gasteiger charge is -2.20. The van der Waals surface area contributed by atoms with E-state index in [1.54, 1.807) is 0 Å².